The van der Waals surface area contributed by atoms with E-state index in [9.17, 15) is 35.9 Å². The first-order chi connectivity index (χ1) is 22.3. The fraction of sp³-hybridized carbons (Fsp3) is 0.250. The molecule has 0 aliphatic rings. The number of likely N-dealkylation sites (N-methyl/N-ethyl adjacent to an activating group) is 2. The first-order valence-corrected chi connectivity index (χ1v) is 14.4. The normalized spacial score (nSPS) is 11.4. The number of thiocarbonyl (C=S) groups is 2. The number of hydrogen-bond donors (Lipinski definition) is 2. The van der Waals surface area contributed by atoms with Gasteiger partial charge in [-0.3, -0.25) is 9.59 Å². The summed E-state index contributed by atoms with van der Waals surface area (Å²) in [5.41, 5.74) is -1.04. The van der Waals surface area contributed by atoms with Crippen molar-refractivity contribution < 1.29 is 55.6 Å². The molecule has 48 heavy (non-hydrogen) atoms. The summed E-state index contributed by atoms with van der Waals surface area (Å²) < 4.78 is 90.2. The first kappa shape index (κ1) is 37.8. The summed E-state index contributed by atoms with van der Waals surface area (Å²) in [6.07, 6.45) is -9.20. The molecule has 0 aliphatic carbocycles. The minimum atomic E-state index is -4.60. The van der Waals surface area contributed by atoms with Crippen molar-refractivity contribution in [2.24, 2.45) is 0 Å². The van der Waals surface area contributed by atoms with Gasteiger partial charge in [-0.05, 0) is 45.8 Å². The molecule has 4 rings (SSSR count). The zero-order valence-electron chi connectivity index (χ0n) is 25.7. The molecule has 8 nitrogen and oxygen atoms in total. The Morgan fingerprint density at radius 2 is 0.958 bits per heavy atom. The lowest BCUT2D eigenvalue weighted by atomic mass is 9.98. The molecule has 2 N–H and O–H groups in total. The fourth-order valence-corrected chi connectivity index (χ4v) is 5.42. The van der Waals surface area contributed by atoms with Gasteiger partial charge in [-0.25, -0.2) is 0 Å². The number of fused-ring (bicyclic) bond motifs is 2. The van der Waals surface area contributed by atoms with E-state index < -0.39 is 35.4 Å². The van der Waals surface area contributed by atoms with Gasteiger partial charge < -0.3 is 29.5 Å². The summed E-state index contributed by atoms with van der Waals surface area (Å²) in [4.78, 5) is 24.5. The summed E-state index contributed by atoms with van der Waals surface area (Å²) in [5, 5.41) is 18.2. The Morgan fingerprint density at radius 1 is 0.625 bits per heavy atom. The first-order valence-electron chi connectivity index (χ1n) is 13.6. The molecule has 0 saturated carbocycles. The second-order valence-corrected chi connectivity index (χ2v) is 11.0. The summed E-state index contributed by atoms with van der Waals surface area (Å²) in [6.45, 7) is -0.699. The van der Waals surface area contributed by atoms with E-state index in [1.165, 1.54) is 86.6 Å². The number of carboxylic acids is 2. The van der Waals surface area contributed by atoms with E-state index in [1.54, 1.807) is 12.1 Å². The number of ether oxygens (including phenoxy) is 2. The van der Waals surface area contributed by atoms with E-state index in [0.717, 1.165) is 0 Å². The minimum Gasteiger partial charge on any atom is -0.496 e. The third-order valence-electron chi connectivity index (χ3n) is 6.95. The maximum atomic E-state index is 13.4. The van der Waals surface area contributed by atoms with Crippen molar-refractivity contribution in [2.45, 2.75) is 12.4 Å². The summed E-state index contributed by atoms with van der Waals surface area (Å²) in [5.74, 6) is -2.73. The van der Waals surface area contributed by atoms with E-state index in [1.807, 2.05) is 0 Å². The monoisotopic (exact) mass is 714 g/mol. The highest BCUT2D eigenvalue weighted by Crippen LogP contribution is 2.43. The summed E-state index contributed by atoms with van der Waals surface area (Å²) in [7, 11) is 5.30. The number of halogens is 6. The van der Waals surface area contributed by atoms with E-state index >= 15 is 0 Å². The highest BCUT2D eigenvalue weighted by molar-refractivity contribution is 7.81. The smallest absolute Gasteiger partial charge is 0.420 e. The third-order valence-corrected chi connectivity index (χ3v) is 8.02. The predicted octanol–water partition coefficient (Wildman–Crippen LogP) is 7.12. The van der Waals surface area contributed by atoms with Crippen LogP contribution in [0.15, 0.2) is 60.7 Å². The Labute approximate surface area is 281 Å². The van der Waals surface area contributed by atoms with E-state index in [2.05, 4.69) is 0 Å². The van der Waals surface area contributed by atoms with Crippen molar-refractivity contribution in [3.63, 3.8) is 0 Å². The zero-order valence-corrected chi connectivity index (χ0v) is 27.3. The fourth-order valence-electron chi connectivity index (χ4n) is 4.93. The van der Waals surface area contributed by atoms with Crippen LogP contribution in [0.5, 0.6) is 11.5 Å². The molecule has 4 aromatic rings. The van der Waals surface area contributed by atoms with Gasteiger partial charge in [-0.2, -0.15) is 26.3 Å². The van der Waals surface area contributed by atoms with Gasteiger partial charge in [0, 0.05) is 25.2 Å². The average Bonchev–Trinajstić information content (AvgIpc) is 3.00. The van der Waals surface area contributed by atoms with Crippen LogP contribution in [-0.4, -0.2) is 83.3 Å². The molecule has 0 bridgehead atoms. The molecule has 0 aliphatic heterocycles. The lowest BCUT2D eigenvalue weighted by Crippen LogP contribution is -2.31. The molecule has 0 atom stereocenters. The highest BCUT2D eigenvalue weighted by Gasteiger charge is 2.38. The van der Waals surface area contributed by atoms with Crippen molar-refractivity contribution >= 4 is 67.9 Å². The van der Waals surface area contributed by atoms with Crippen LogP contribution < -0.4 is 9.47 Å². The number of aliphatic carboxylic acids is 2. The number of methoxy groups -OCH3 is 2. The van der Waals surface area contributed by atoms with Crippen LogP contribution in [-0.2, 0) is 21.9 Å². The molecule has 0 spiro atoms. The number of rotatable bonds is 8. The number of carboxylic acid groups (broad SMARTS) is 2. The molecule has 0 unspecified atom stereocenters. The Balaban J connectivity index is 0.000000260. The molecule has 16 heteroatoms. The number of alkyl halides is 6. The Kier molecular flexibility index (Phi) is 11.8. The number of hydrogen-bond acceptors (Lipinski definition) is 6. The van der Waals surface area contributed by atoms with Crippen molar-refractivity contribution in [3.8, 4) is 11.5 Å². The summed E-state index contributed by atoms with van der Waals surface area (Å²) >= 11 is 10.5. The molecule has 0 fully saturated rings. The summed E-state index contributed by atoms with van der Waals surface area (Å²) in [6, 6.07) is 14.1. The Morgan fingerprint density at radius 3 is 1.23 bits per heavy atom. The molecular weight excluding hydrogens is 686 g/mol. The second-order valence-electron chi connectivity index (χ2n) is 10.2. The highest BCUT2D eigenvalue weighted by atomic mass is 32.1. The maximum Gasteiger partial charge on any atom is 0.420 e. The molecule has 0 aromatic heterocycles. The Bertz CT molecular complexity index is 1750. The number of benzene rings is 4. The standard InChI is InChI=1S/2C16H14F3NO3S/c2*1-20(8-13(21)22)15(24)11-5-3-4-10-9(11)6-7-12(23-2)14(10)16(17,18)19/h2*3-7H,8H2,1-2H3,(H,21,22). The zero-order chi connectivity index (χ0) is 36.1. The lowest BCUT2D eigenvalue weighted by molar-refractivity contribution is -0.138. The Hall–Kier alpha value is -4.70. The molecule has 0 saturated heterocycles. The SMILES string of the molecule is COc1ccc2c(C(=S)N(C)CC(=O)O)cccc2c1C(F)(F)F.COc1ccc2c(C(=S)N(C)CC(=O)O)cccc2c1C(F)(F)F. The topological polar surface area (TPSA) is 99.5 Å². The van der Waals surface area contributed by atoms with Crippen molar-refractivity contribution in [2.75, 3.05) is 41.4 Å². The van der Waals surface area contributed by atoms with E-state index in [0.29, 0.717) is 11.1 Å². The van der Waals surface area contributed by atoms with Crippen LogP contribution in [0.2, 0.25) is 0 Å². The van der Waals surface area contributed by atoms with Gasteiger partial charge in [0.05, 0.1) is 14.2 Å². The third kappa shape index (κ3) is 8.41. The van der Waals surface area contributed by atoms with Gasteiger partial charge in [0.1, 0.15) is 45.7 Å². The molecule has 4 aromatic carbocycles. The molecule has 0 heterocycles. The number of nitrogens with zero attached hydrogens (tertiary/aromatic N) is 2. The van der Waals surface area contributed by atoms with Crippen molar-refractivity contribution in [1.29, 1.82) is 0 Å². The molecule has 256 valence electrons. The quantitative estimate of drug-likeness (QED) is 0.145. The minimum absolute atomic E-state index is 0.0505. The molecule has 0 amide bonds. The van der Waals surface area contributed by atoms with Crippen molar-refractivity contribution in [3.05, 3.63) is 82.9 Å². The van der Waals surface area contributed by atoms with Crippen LogP contribution >= 0.6 is 24.4 Å². The van der Waals surface area contributed by atoms with Crippen LogP contribution in [0.1, 0.15) is 22.3 Å². The van der Waals surface area contributed by atoms with Gasteiger partial charge in [0.2, 0.25) is 0 Å². The maximum absolute atomic E-state index is 13.4. The average molecular weight is 715 g/mol. The van der Waals surface area contributed by atoms with Gasteiger partial charge in [-0.1, -0.05) is 60.8 Å². The molecular formula is C32H28F6N2O6S2. The largest absolute Gasteiger partial charge is 0.496 e. The molecule has 0 radical (unpaired) electrons. The van der Waals surface area contributed by atoms with Crippen molar-refractivity contribution in [1.82, 2.24) is 9.80 Å². The van der Waals surface area contributed by atoms with Gasteiger partial charge in [0.25, 0.3) is 0 Å². The number of carbonyl (C=O) groups is 2. The van der Waals surface area contributed by atoms with E-state index in [-0.39, 0.29) is 56.1 Å². The van der Waals surface area contributed by atoms with Gasteiger partial charge in [-0.15, -0.1) is 0 Å². The van der Waals surface area contributed by atoms with Crippen LogP contribution in [0.4, 0.5) is 26.3 Å². The van der Waals surface area contributed by atoms with E-state index in [4.69, 9.17) is 44.1 Å². The predicted molar refractivity (Wildman–Crippen MR) is 175 cm³/mol. The van der Waals surface area contributed by atoms with Crippen LogP contribution in [0, 0.1) is 0 Å². The second kappa shape index (κ2) is 15.0. The lowest BCUT2D eigenvalue weighted by Gasteiger charge is -2.21. The van der Waals surface area contributed by atoms with Crippen LogP contribution in [0.25, 0.3) is 21.5 Å². The van der Waals surface area contributed by atoms with Gasteiger partial charge in [0.15, 0.2) is 0 Å². The van der Waals surface area contributed by atoms with Crippen LogP contribution in [0.3, 0.4) is 0 Å². The van der Waals surface area contributed by atoms with Gasteiger partial charge >= 0.3 is 24.3 Å².